The van der Waals surface area contributed by atoms with Crippen LogP contribution in [0.2, 0.25) is 0 Å². The summed E-state index contributed by atoms with van der Waals surface area (Å²) in [5.41, 5.74) is 0.0845. The van der Waals surface area contributed by atoms with Crippen molar-refractivity contribution in [3.63, 3.8) is 0 Å². The normalized spacial score (nSPS) is 24.2. The van der Waals surface area contributed by atoms with Crippen molar-refractivity contribution in [2.24, 2.45) is 0 Å². The lowest BCUT2D eigenvalue weighted by atomic mass is 9.99. The minimum absolute atomic E-state index is 0.0845. The standard InChI is InChI=1S/C11H22N2O3/c1-11(2)8-13(5-4-12(11)3)7-9(14)6-10(15)16/h9,14H,4-8H2,1-3H3,(H,15,16). The number of carboxylic acids is 1. The van der Waals surface area contributed by atoms with Gasteiger partial charge in [-0.05, 0) is 20.9 Å². The number of rotatable bonds is 4. The van der Waals surface area contributed by atoms with E-state index in [9.17, 15) is 9.90 Å². The number of carboxylic acid groups (broad SMARTS) is 1. The van der Waals surface area contributed by atoms with E-state index in [4.69, 9.17) is 5.11 Å². The van der Waals surface area contributed by atoms with Gasteiger partial charge in [0.2, 0.25) is 0 Å². The molecule has 1 unspecified atom stereocenters. The highest BCUT2D eigenvalue weighted by Gasteiger charge is 2.31. The van der Waals surface area contributed by atoms with Crippen LogP contribution in [0, 0.1) is 0 Å². The molecule has 1 atom stereocenters. The number of nitrogens with zero attached hydrogens (tertiary/aromatic N) is 2. The Kier molecular flexibility index (Phi) is 4.29. The molecule has 0 aromatic heterocycles. The number of likely N-dealkylation sites (N-methyl/N-ethyl adjacent to an activating group) is 1. The highest BCUT2D eigenvalue weighted by Crippen LogP contribution is 2.18. The number of aliphatic hydroxyl groups is 1. The second-order valence-corrected chi connectivity index (χ2v) is 5.22. The first-order valence-electron chi connectivity index (χ1n) is 5.65. The van der Waals surface area contributed by atoms with Crippen LogP contribution in [0.25, 0.3) is 0 Å². The molecule has 16 heavy (non-hydrogen) atoms. The number of aliphatic hydroxyl groups excluding tert-OH is 1. The topological polar surface area (TPSA) is 64.0 Å². The van der Waals surface area contributed by atoms with Crippen LogP contribution in [-0.4, -0.2) is 70.9 Å². The Balaban J connectivity index is 2.42. The van der Waals surface area contributed by atoms with Gasteiger partial charge in [-0.15, -0.1) is 0 Å². The third-order valence-corrected chi connectivity index (χ3v) is 3.27. The molecule has 0 amide bonds. The van der Waals surface area contributed by atoms with E-state index in [1.165, 1.54) is 0 Å². The fourth-order valence-electron chi connectivity index (χ4n) is 2.06. The number of hydrogen-bond acceptors (Lipinski definition) is 4. The van der Waals surface area contributed by atoms with Gasteiger partial charge < -0.3 is 10.2 Å². The first-order chi connectivity index (χ1) is 7.31. The van der Waals surface area contributed by atoms with E-state index in [2.05, 4.69) is 30.7 Å². The van der Waals surface area contributed by atoms with Crippen molar-refractivity contribution in [3.8, 4) is 0 Å². The van der Waals surface area contributed by atoms with Crippen molar-refractivity contribution in [2.45, 2.75) is 31.9 Å². The van der Waals surface area contributed by atoms with Gasteiger partial charge in [-0.1, -0.05) is 0 Å². The van der Waals surface area contributed by atoms with Crippen molar-refractivity contribution >= 4 is 5.97 Å². The lowest BCUT2D eigenvalue weighted by Crippen LogP contribution is -2.58. The van der Waals surface area contributed by atoms with Gasteiger partial charge in [0.05, 0.1) is 12.5 Å². The fourth-order valence-corrected chi connectivity index (χ4v) is 2.06. The lowest BCUT2D eigenvalue weighted by Gasteiger charge is -2.45. The smallest absolute Gasteiger partial charge is 0.306 e. The van der Waals surface area contributed by atoms with E-state index >= 15 is 0 Å². The Labute approximate surface area is 96.7 Å². The Morgan fingerprint density at radius 2 is 2.06 bits per heavy atom. The molecular weight excluding hydrogens is 208 g/mol. The molecule has 5 nitrogen and oxygen atoms in total. The Bertz CT molecular complexity index is 256. The average Bonchev–Trinajstić information content (AvgIpc) is 2.09. The highest BCUT2D eigenvalue weighted by molar-refractivity contribution is 5.67. The summed E-state index contributed by atoms with van der Waals surface area (Å²) in [6.45, 7) is 7.46. The number of hydrogen-bond donors (Lipinski definition) is 2. The summed E-state index contributed by atoms with van der Waals surface area (Å²) in [7, 11) is 2.09. The maximum atomic E-state index is 10.4. The van der Waals surface area contributed by atoms with Gasteiger partial charge in [-0.2, -0.15) is 0 Å². The molecule has 1 aliphatic rings. The van der Waals surface area contributed by atoms with Crippen molar-refractivity contribution < 1.29 is 15.0 Å². The van der Waals surface area contributed by atoms with Gasteiger partial charge in [0, 0.05) is 31.7 Å². The first-order valence-corrected chi connectivity index (χ1v) is 5.65. The predicted molar refractivity (Wildman–Crippen MR) is 61.4 cm³/mol. The van der Waals surface area contributed by atoms with Crippen molar-refractivity contribution in [2.75, 3.05) is 33.2 Å². The third kappa shape index (κ3) is 3.73. The van der Waals surface area contributed by atoms with Crippen LogP contribution in [0.1, 0.15) is 20.3 Å². The van der Waals surface area contributed by atoms with Gasteiger partial charge in [0.1, 0.15) is 0 Å². The maximum absolute atomic E-state index is 10.4. The molecule has 1 aliphatic heterocycles. The maximum Gasteiger partial charge on any atom is 0.306 e. The number of carbonyl (C=O) groups is 1. The third-order valence-electron chi connectivity index (χ3n) is 3.27. The fraction of sp³-hybridized carbons (Fsp3) is 0.909. The zero-order chi connectivity index (χ0) is 12.3. The molecule has 1 fully saturated rings. The predicted octanol–water partition coefficient (Wildman–Crippen LogP) is -0.152. The van der Waals surface area contributed by atoms with Gasteiger partial charge in [0.25, 0.3) is 0 Å². The number of piperazine rings is 1. The van der Waals surface area contributed by atoms with Gasteiger partial charge >= 0.3 is 5.97 Å². The second kappa shape index (κ2) is 5.12. The van der Waals surface area contributed by atoms with Crippen LogP contribution >= 0.6 is 0 Å². The number of β-amino-alcohol motifs (C(OH)–C–C–N with tert-alkyl or cyclic N) is 1. The van der Waals surface area contributed by atoms with Crippen molar-refractivity contribution in [1.82, 2.24) is 9.80 Å². The molecule has 0 bridgehead atoms. The highest BCUT2D eigenvalue weighted by atomic mass is 16.4. The van der Waals surface area contributed by atoms with E-state index in [-0.39, 0.29) is 12.0 Å². The number of aliphatic carboxylic acids is 1. The molecule has 0 saturated carbocycles. The van der Waals surface area contributed by atoms with Gasteiger partial charge in [0.15, 0.2) is 0 Å². The molecule has 0 aromatic carbocycles. The van der Waals surface area contributed by atoms with E-state index in [0.717, 1.165) is 19.6 Å². The minimum Gasteiger partial charge on any atom is -0.481 e. The molecule has 0 aromatic rings. The summed E-state index contributed by atoms with van der Waals surface area (Å²) in [6, 6.07) is 0. The zero-order valence-corrected chi connectivity index (χ0v) is 10.3. The SMILES string of the molecule is CN1CCN(CC(O)CC(=O)O)CC1(C)C. The van der Waals surface area contributed by atoms with Crippen LogP contribution in [0.4, 0.5) is 0 Å². The van der Waals surface area contributed by atoms with E-state index in [1.54, 1.807) is 0 Å². The Hall–Kier alpha value is -0.650. The van der Waals surface area contributed by atoms with Gasteiger partial charge in [-0.3, -0.25) is 14.6 Å². The summed E-state index contributed by atoms with van der Waals surface area (Å²) >= 11 is 0. The van der Waals surface area contributed by atoms with Crippen molar-refractivity contribution in [1.29, 1.82) is 0 Å². The molecule has 0 spiro atoms. The Morgan fingerprint density at radius 1 is 1.44 bits per heavy atom. The second-order valence-electron chi connectivity index (χ2n) is 5.22. The van der Waals surface area contributed by atoms with Crippen LogP contribution in [0.5, 0.6) is 0 Å². The molecule has 1 rings (SSSR count). The molecule has 0 radical (unpaired) electrons. The van der Waals surface area contributed by atoms with Crippen LogP contribution in [0.3, 0.4) is 0 Å². The quantitative estimate of drug-likeness (QED) is 0.703. The molecule has 5 heteroatoms. The molecular formula is C11H22N2O3. The van der Waals surface area contributed by atoms with Gasteiger partial charge in [-0.25, -0.2) is 0 Å². The van der Waals surface area contributed by atoms with E-state index in [1.807, 2.05) is 0 Å². The largest absolute Gasteiger partial charge is 0.481 e. The van der Waals surface area contributed by atoms with Crippen LogP contribution in [-0.2, 0) is 4.79 Å². The summed E-state index contributed by atoms with van der Waals surface area (Å²) in [5.74, 6) is -0.944. The molecule has 0 aliphatic carbocycles. The monoisotopic (exact) mass is 230 g/mol. The van der Waals surface area contributed by atoms with Crippen molar-refractivity contribution in [3.05, 3.63) is 0 Å². The summed E-state index contributed by atoms with van der Waals surface area (Å²) in [6.07, 6.45) is -0.941. The molecule has 1 saturated heterocycles. The molecule has 94 valence electrons. The van der Waals surface area contributed by atoms with Crippen LogP contribution in [0.15, 0.2) is 0 Å². The zero-order valence-electron chi connectivity index (χ0n) is 10.3. The van der Waals surface area contributed by atoms with E-state index < -0.39 is 12.1 Å². The summed E-state index contributed by atoms with van der Waals surface area (Å²) in [5, 5.41) is 18.1. The average molecular weight is 230 g/mol. The van der Waals surface area contributed by atoms with Crippen LogP contribution < -0.4 is 0 Å². The molecule has 1 heterocycles. The first kappa shape index (κ1) is 13.4. The summed E-state index contributed by atoms with van der Waals surface area (Å²) in [4.78, 5) is 14.9. The summed E-state index contributed by atoms with van der Waals surface area (Å²) < 4.78 is 0. The molecule has 2 N–H and O–H groups in total. The minimum atomic E-state index is -0.944. The van der Waals surface area contributed by atoms with E-state index in [0.29, 0.717) is 6.54 Å². The Morgan fingerprint density at radius 3 is 2.56 bits per heavy atom. The lowest BCUT2D eigenvalue weighted by molar-refractivity contribution is -0.139.